The van der Waals surface area contributed by atoms with Gasteiger partial charge in [0.05, 0.1) is 12.7 Å². The van der Waals surface area contributed by atoms with Gasteiger partial charge in [0.15, 0.2) is 0 Å². The molecule has 1 aliphatic heterocycles. The molecule has 1 amide bonds. The number of hydrogen-bond donors (Lipinski definition) is 1. The van der Waals surface area contributed by atoms with Crippen LogP contribution in [0.4, 0.5) is 5.82 Å². The van der Waals surface area contributed by atoms with Crippen LogP contribution in [-0.2, 0) is 4.79 Å². The Bertz CT molecular complexity index is 822. The van der Waals surface area contributed by atoms with Gasteiger partial charge in [-0.2, -0.15) is 0 Å². The lowest BCUT2D eigenvalue weighted by atomic mass is 9.90. The minimum atomic E-state index is -0.110. The minimum Gasteiger partial charge on any atom is -0.496 e. The van der Waals surface area contributed by atoms with Gasteiger partial charge in [0.2, 0.25) is 0 Å². The lowest BCUT2D eigenvalue weighted by Crippen LogP contribution is -2.05. The number of hydrogen-bond acceptors (Lipinski definition) is 3. The van der Waals surface area contributed by atoms with Crippen LogP contribution in [0, 0.1) is 0 Å². The molecule has 0 radical (unpaired) electrons. The summed E-state index contributed by atoms with van der Waals surface area (Å²) in [6.45, 7) is 8.61. The second-order valence-corrected chi connectivity index (χ2v) is 6.95. The van der Waals surface area contributed by atoms with Crippen molar-refractivity contribution in [2.45, 2.75) is 39.5 Å². The van der Waals surface area contributed by atoms with Crippen molar-refractivity contribution in [3.05, 3.63) is 52.7 Å². The van der Waals surface area contributed by atoms with Crippen LogP contribution in [0.3, 0.4) is 0 Å². The molecule has 0 aliphatic carbocycles. The summed E-state index contributed by atoms with van der Waals surface area (Å²) in [5, 5.41) is 2.82. The van der Waals surface area contributed by atoms with Crippen LogP contribution >= 0.6 is 0 Å². The van der Waals surface area contributed by atoms with Crippen LogP contribution < -0.4 is 10.1 Å². The van der Waals surface area contributed by atoms with E-state index in [1.54, 1.807) is 13.3 Å². The number of pyridine rings is 1. The molecule has 0 unspecified atom stereocenters. The molecule has 25 heavy (non-hydrogen) atoms. The summed E-state index contributed by atoms with van der Waals surface area (Å²) in [7, 11) is 1.72. The van der Waals surface area contributed by atoms with Crippen molar-refractivity contribution in [1.29, 1.82) is 0 Å². The number of amides is 1. The molecule has 2 aromatic rings. The Morgan fingerprint density at radius 2 is 1.76 bits per heavy atom. The number of carbonyl (C=O) groups excluding carboxylic acids is 1. The maximum Gasteiger partial charge on any atom is 0.257 e. The zero-order valence-electron chi connectivity index (χ0n) is 15.4. The fourth-order valence-electron chi connectivity index (χ4n) is 3.20. The molecule has 4 heteroatoms. The van der Waals surface area contributed by atoms with Gasteiger partial charge in [-0.25, -0.2) is 4.98 Å². The van der Waals surface area contributed by atoms with E-state index in [1.165, 1.54) is 0 Å². The van der Waals surface area contributed by atoms with Crippen molar-refractivity contribution in [2.75, 3.05) is 12.4 Å². The molecule has 0 spiro atoms. The highest BCUT2D eigenvalue weighted by atomic mass is 16.5. The zero-order chi connectivity index (χ0) is 18.1. The molecule has 0 atom stereocenters. The molecule has 1 aromatic carbocycles. The molecule has 0 fully saturated rings. The van der Waals surface area contributed by atoms with Crippen molar-refractivity contribution in [3.8, 4) is 5.75 Å². The summed E-state index contributed by atoms with van der Waals surface area (Å²) in [6.07, 6.45) is 3.63. The van der Waals surface area contributed by atoms with Gasteiger partial charge in [-0.3, -0.25) is 4.79 Å². The van der Waals surface area contributed by atoms with E-state index in [2.05, 4.69) is 50.1 Å². The lowest BCUT2D eigenvalue weighted by Gasteiger charge is -2.19. The molecular weight excluding hydrogens is 312 g/mol. The maximum atomic E-state index is 12.4. The molecule has 2 heterocycles. The van der Waals surface area contributed by atoms with Gasteiger partial charge in [-0.05, 0) is 58.9 Å². The number of nitrogens with zero attached hydrogens (tertiary/aromatic N) is 1. The molecule has 0 bridgehead atoms. The summed E-state index contributed by atoms with van der Waals surface area (Å²) < 4.78 is 5.69. The van der Waals surface area contributed by atoms with Crippen LogP contribution in [0.1, 0.15) is 61.8 Å². The second kappa shape index (κ2) is 6.71. The number of nitrogens with one attached hydrogen (secondary N) is 1. The normalized spacial score (nSPS) is 15.0. The van der Waals surface area contributed by atoms with Crippen LogP contribution in [0.25, 0.3) is 11.6 Å². The third-order valence-electron chi connectivity index (χ3n) is 4.50. The van der Waals surface area contributed by atoms with Gasteiger partial charge in [-0.15, -0.1) is 0 Å². The topological polar surface area (TPSA) is 51.2 Å². The number of carbonyl (C=O) groups is 1. The number of rotatable bonds is 4. The Balaban J connectivity index is 2.17. The standard InChI is InChI=1S/C21H24N2O2/c1-12(2)16-9-14(10-17(13(3)4)19(16)25-5)11-18-15-7-6-8-22-20(15)23-21(18)24/h6-13H,1-5H3,(H,22,23,24)/b18-11+. The highest BCUT2D eigenvalue weighted by molar-refractivity contribution is 6.34. The van der Waals surface area contributed by atoms with E-state index in [9.17, 15) is 4.79 Å². The largest absolute Gasteiger partial charge is 0.496 e. The molecule has 0 saturated heterocycles. The van der Waals surface area contributed by atoms with Crippen molar-refractivity contribution >= 4 is 23.4 Å². The number of fused-ring (bicyclic) bond motifs is 1. The number of benzene rings is 1. The van der Waals surface area contributed by atoms with E-state index in [4.69, 9.17) is 4.74 Å². The van der Waals surface area contributed by atoms with E-state index in [0.29, 0.717) is 23.2 Å². The monoisotopic (exact) mass is 336 g/mol. The average Bonchev–Trinajstić information content (AvgIpc) is 2.89. The van der Waals surface area contributed by atoms with Crippen molar-refractivity contribution in [1.82, 2.24) is 4.98 Å². The summed E-state index contributed by atoms with van der Waals surface area (Å²) >= 11 is 0. The first-order valence-corrected chi connectivity index (χ1v) is 8.62. The van der Waals surface area contributed by atoms with E-state index < -0.39 is 0 Å². The average molecular weight is 336 g/mol. The van der Waals surface area contributed by atoms with Gasteiger partial charge in [0, 0.05) is 11.8 Å². The van der Waals surface area contributed by atoms with Crippen molar-refractivity contribution < 1.29 is 9.53 Å². The van der Waals surface area contributed by atoms with Crippen LogP contribution in [0.5, 0.6) is 5.75 Å². The quantitative estimate of drug-likeness (QED) is 0.814. The Hall–Kier alpha value is -2.62. The highest BCUT2D eigenvalue weighted by Gasteiger charge is 2.25. The van der Waals surface area contributed by atoms with Gasteiger partial charge >= 0.3 is 0 Å². The molecule has 1 aliphatic rings. The predicted molar refractivity (Wildman–Crippen MR) is 102 cm³/mol. The molecule has 0 saturated carbocycles. The summed E-state index contributed by atoms with van der Waals surface area (Å²) in [5.74, 6) is 2.13. The first-order chi connectivity index (χ1) is 11.9. The molecule has 1 aromatic heterocycles. The van der Waals surface area contributed by atoms with Gasteiger partial charge in [0.25, 0.3) is 5.91 Å². The lowest BCUT2D eigenvalue weighted by molar-refractivity contribution is -0.110. The number of anilines is 1. The van der Waals surface area contributed by atoms with Crippen LogP contribution in [0.2, 0.25) is 0 Å². The van der Waals surface area contributed by atoms with E-state index in [-0.39, 0.29) is 5.91 Å². The molecule has 1 N–H and O–H groups in total. The Morgan fingerprint density at radius 3 is 2.32 bits per heavy atom. The Morgan fingerprint density at radius 1 is 1.12 bits per heavy atom. The fraction of sp³-hybridized carbons (Fsp3) is 0.333. The number of aromatic nitrogens is 1. The van der Waals surface area contributed by atoms with E-state index in [1.807, 2.05) is 18.2 Å². The smallest absolute Gasteiger partial charge is 0.257 e. The third kappa shape index (κ3) is 3.16. The zero-order valence-corrected chi connectivity index (χ0v) is 15.4. The second-order valence-electron chi connectivity index (χ2n) is 6.95. The van der Waals surface area contributed by atoms with Crippen molar-refractivity contribution in [3.63, 3.8) is 0 Å². The molecule has 130 valence electrons. The molecule has 4 nitrogen and oxygen atoms in total. The first-order valence-electron chi connectivity index (χ1n) is 8.62. The Labute approximate surface area is 148 Å². The van der Waals surface area contributed by atoms with Crippen LogP contribution in [0.15, 0.2) is 30.5 Å². The minimum absolute atomic E-state index is 0.110. The fourth-order valence-corrected chi connectivity index (χ4v) is 3.20. The predicted octanol–water partition coefficient (Wildman–Crippen LogP) is 4.83. The van der Waals surface area contributed by atoms with Gasteiger partial charge in [-0.1, -0.05) is 27.7 Å². The SMILES string of the molecule is COc1c(C(C)C)cc(/C=C2/C(=O)Nc3ncccc32)cc1C(C)C. The van der Waals surface area contributed by atoms with Gasteiger partial charge < -0.3 is 10.1 Å². The first kappa shape index (κ1) is 17.2. The highest BCUT2D eigenvalue weighted by Crippen LogP contribution is 2.37. The number of ether oxygens (including phenoxy) is 1. The van der Waals surface area contributed by atoms with E-state index >= 15 is 0 Å². The van der Waals surface area contributed by atoms with Crippen LogP contribution in [-0.4, -0.2) is 18.0 Å². The molecule has 3 rings (SSSR count). The third-order valence-corrected chi connectivity index (χ3v) is 4.50. The number of methoxy groups -OCH3 is 1. The van der Waals surface area contributed by atoms with Gasteiger partial charge in [0.1, 0.15) is 11.6 Å². The summed E-state index contributed by atoms with van der Waals surface area (Å²) in [5.41, 5.74) is 4.82. The van der Waals surface area contributed by atoms with E-state index in [0.717, 1.165) is 28.0 Å². The van der Waals surface area contributed by atoms with Crippen molar-refractivity contribution in [2.24, 2.45) is 0 Å². The Kier molecular flexibility index (Phi) is 4.62. The molecular formula is C21H24N2O2. The maximum absolute atomic E-state index is 12.4. The summed E-state index contributed by atoms with van der Waals surface area (Å²) in [4.78, 5) is 16.6. The summed E-state index contributed by atoms with van der Waals surface area (Å²) in [6, 6.07) is 8.00.